The Morgan fingerprint density at radius 2 is 2.06 bits per heavy atom. The lowest BCUT2D eigenvalue weighted by atomic mass is 10.2. The minimum atomic E-state index is -3.59. The van der Waals surface area contributed by atoms with Crippen LogP contribution in [0.15, 0.2) is 23.1 Å². The minimum Gasteiger partial charge on any atom is -0.399 e. The molecule has 18 heavy (non-hydrogen) atoms. The molecule has 1 aromatic rings. The maximum atomic E-state index is 12.2. The predicted molar refractivity (Wildman–Crippen MR) is 70.2 cm³/mol. The highest BCUT2D eigenvalue weighted by Gasteiger charge is 2.22. The molecule has 0 aromatic heterocycles. The molecular formula is C12H17N3O2S. The largest absolute Gasteiger partial charge is 0.399 e. The predicted octanol–water partition coefficient (Wildman–Crippen LogP) is 1.36. The third-order valence-corrected chi connectivity index (χ3v) is 4.33. The highest BCUT2D eigenvalue weighted by atomic mass is 32.2. The van der Waals surface area contributed by atoms with Gasteiger partial charge in [0.1, 0.15) is 0 Å². The van der Waals surface area contributed by atoms with Crippen LogP contribution in [0.2, 0.25) is 0 Å². The second kappa shape index (κ2) is 5.38. The molecule has 0 saturated carbocycles. The van der Waals surface area contributed by atoms with E-state index in [1.54, 1.807) is 26.0 Å². The highest BCUT2D eigenvalue weighted by Crippen LogP contribution is 2.20. The van der Waals surface area contributed by atoms with Gasteiger partial charge >= 0.3 is 0 Å². The van der Waals surface area contributed by atoms with E-state index in [9.17, 15) is 8.42 Å². The van der Waals surface area contributed by atoms with Crippen LogP contribution in [-0.2, 0) is 10.0 Å². The van der Waals surface area contributed by atoms with Crippen molar-refractivity contribution in [3.05, 3.63) is 23.8 Å². The number of sulfonamides is 1. The monoisotopic (exact) mass is 267 g/mol. The standard InChI is InChI=1S/C12H17N3O2S/c1-9-4-11(14)6-12(5-9)18(16,17)15(3)8-10(2)7-13/h4-6,10H,8,14H2,1-3H3. The first kappa shape index (κ1) is 14.5. The van der Waals surface area contributed by atoms with Crippen LogP contribution in [0, 0.1) is 24.2 Å². The Balaban J connectivity index is 3.10. The smallest absolute Gasteiger partial charge is 0.242 e. The van der Waals surface area contributed by atoms with Crippen LogP contribution in [0.4, 0.5) is 5.69 Å². The number of aryl methyl sites for hydroxylation is 1. The number of nitrogens with zero attached hydrogens (tertiary/aromatic N) is 2. The molecule has 0 aliphatic carbocycles. The van der Waals surface area contributed by atoms with Crippen LogP contribution in [0.1, 0.15) is 12.5 Å². The first-order valence-corrected chi connectivity index (χ1v) is 6.94. The second-order valence-corrected chi connectivity index (χ2v) is 6.44. The molecule has 5 nitrogen and oxygen atoms in total. The Morgan fingerprint density at radius 3 is 2.56 bits per heavy atom. The summed E-state index contributed by atoms with van der Waals surface area (Å²) in [5.41, 5.74) is 6.85. The number of nitrogens with two attached hydrogens (primary N) is 1. The van der Waals surface area contributed by atoms with E-state index < -0.39 is 10.0 Å². The topological polar surface area (TPSA) is 87.2 Å². The number of nitriles is 1. The summed E-state index contributed by atoms with van der Waals surface area (Å²) in [6.07, 6.45) is 0. The lowest BCUT2D eigenvalue weighted by molar-refractivity contribution is 0.439. The normalized spacial score (nSPS) is 13.3. The molecule has 0 aliphatic rings. The number of nitrogen functional groups attached to an aromatic ring is 1. The first-order chi connectivity index (χ1) is 8.27. The van der Waals surface area contributed by atoms with Gasteiger partial charge in [-0.1, -0.05) is 0 Å². The average molecular weight is 267 g/mol. The molecule has 0 spiro atoms. The zero-order chi connectivity index (χ0) is 13.9. The Morgan fingerprint density at radius 1 is 1.44 bits per heavy atom. The van der Waals surface area contributed by atoms with Gasteiger partial charge in [-0.25, -0.2) is 8.42 Å². The zero-order valence-electron chi connectivity index (χ0n) is 10.7. The van der Waals surface area contributed by atoms with Crippen molar-refractivity contribution in [1.82, 2.24) is 4.31 Å². The first-order valence-electron chi connectivity index (χ1n) is 5.50. The van der Waals surface area contributed by atoms with Crippen molar-refractivity contribution in [2.75, 3.05) is 19.3 Å². The fraction of sp³-hybridized carbons (Fsp3) is 0.417. The van der Waals surface area contributed by atoms with Gasteiger partial charge in [0.25, 0.3) is 0 Å². The molecule has 1 atom stereocenters. The molecule has 0 amide bonds. The molecule has 0 radical (unpaired) electrons. The van der Waals surface area contributed by atoms with E-state index >= 15 is 0 Å². The van der Waals surface area contributed by atoms with E-state index in [-0.39, 0.29) is 17.4 Å². The van der Waals surface area contributed by atoms with E-state index in [0.717, 1.165) is 5.56 Å². The molecule has 1 rings (SSSR count). The number of anilines is 1. The van der Waals surface area contributed by atoms with Gasteiger partial charge < -0.3 is 5.73 Å². The minimum absolute atomic E-state index is 0.159. The summed E-state index contributed by atoms with van der Waals surface area (Å²) < 4.78 is 25.7. The van der Waals surface area contributed by atoms with Crippen molar-refractivity contribution < 1.29 is 8.42 Å². The zero-order valence-corrected chi connectivity index (χ0v) is 11.5. The molecule has 2 N–H and O–H groups in total. The van der Waals surface area contributed by atoms with Crippen molar-refractivity contribution in [2.24, 2.45) is 5.92 Å². The van der Waals surface area contributed by atoms with Crippen LogP contribution in [0.3, 0.4) is 0 Å². The molecule has 98 valence electrons. The lowest BCUT2D eigenvalue weighted by Gasteiger charge is -2.18. The quantitative estimate of drug-likeness (QED) is 0.834. The van der Waals surface area contributed by atoms with Crippen molar-refractivity contribution in [3.8, 4) is 6.07 Å². The molecule has 0 aliphatic heterocycles. The third kappa shape index (κ3) is 3.22. The summed E-state index contributed by atoms with van der Waals surface area (Å²) in [5.74, 6) is -0.355. The lowest BCUT2D eigenvalue weighted by Crippen LogP contribution is -2.30. The van der Waals surface area contributed by atoms with Crippen LogP contribution in [0.5, 0.6) is 0 Å². The van der Waals surface area contributed by atoms with Gasteiger partial charge in [0, 0.05) is 19.3 Å². The van der Waals surface area contributed by atoms with Gasteiger partial charge in [-0.3, -0.25) is 0 Å². The number of rotatable bonds is 4. The Kier molecular flexibility index (Phi) is 4.33. The average Bonchev–Trinajstić information content (AvgIpc) is 2.27. The molecule has 1 unspecified atom stereocenters. The summed E-state index contributed by atoms with van der Waals surface area (Å²) in [4.78, 5) is 0.160. The summed E-state index contributed by atoms with van der Waals surface area (Å²) >= 11 is 0. The van der Waals surface area contributed by atoms with E-state index in [0.29, 0.717) is 5.69 Å². The van der Waals surface area contributed by atoms with Gasteiger partial charge in [-0.05, 0) is 37.6 Å². The van der Waals surface area contributed by atoms with Gasteiger partial charge in [-0.2, -0.15) is 9.57 Å². The van der Waals surface area contributed by atoms with Crippen molar-refractivity contribution in [2.45, 2.75) is 18.7 Å². The molecular weight excluding hydrogens is 250 g/mol. The Bertz CT molecular complexity index is 555. The summed E-state index contributed by atoms with van der Waals surface area (Å²) in [6.45, 7) is 3.62. The van der Waals surface area contributed by atoms with Crippen LogP contribution >= 0.6 is 0 Å². The fourth-order valence-electron chi connectivity index (χ4n) is 1.63. The Labute approximate surface area is 108 Å². The number of hydrogen-bond donors (Lipinski definition) is 1. The maximum absolute atomic E-state index is 12.2. The summed E-state index contributed by atoms with van der Waals surface area (Å²) in [5, 5.41) is 8.72. The van der Waals surface area contributed by atoms with Crippen molar-refractivity contribution >= 4 is 15.7 Å². The van der Waals surface area contributed by atoms with Gasteiger partial charge in [-0.15, -0.1) is 0 Å². The van der Waals surface area contributed by atoms with E-state index in [1.807, 2.05) is 6.07 Å². The second-order valence-electron chi connectivity index (χ2n) is 4.40. The SMILES string of the molecule is Cc1cc(N)cc(S(=O)(=O)N(C)CC(C)C#N)c1. The summed E-state index contributed by atoms with van der Waals surface area (Å²) in [6, 6.07) is 6.71. The fourth-order valence-corrected chi connectivity index (χ4v) is 3.03. The van der Waals surface area contributed by atoms with Crippen molar-refractivity contribution in [1.29, 1.82) is 5.26 Å². The van der Waals surface area contributed by atoms with Gasteiger partial charge in [0.2, 0.25) is 10.0 Å². The summed E-state index contributed by atoms with van der Waals surface area (Å²) in [7, 11) is -2.13. The van der Waals surface area contributed by atoms with Crippen LogP contribution in [0.25, 0.3) is 0 Å². The van der Waals surface area contributed by atoms with E-state index in [2.05, 4.69) is 0 Å². The van der Waals surface area contributed by atoms with Crippen LogP contribution in [-0.4, -0.2) is 26.3 Å². The Hall–Kier alpha value is -1.58. The van der Waals surface area contributed by atoms with Gasteiger partial charge in [0.15, 0.2) is 0 Å². The van der Waals surface area contributed by atoms with Crippen LogP contribution < -0.4 is 5.73 Å². The molecule has 6 heteroatoms. The van der Waals surface area contributed by atoms with E-state index in [4.69, 9.17) is 11.0 Å². The van der Waals surface area contributed by atoms with Gasteiger partial charge in [0.05, 0.1) is 16.9 Å². The number of hydrogen-bond acceptors (Lipinski definition) is 4. The molecule has 1 aromatic carbocycles. The molecule has 0 bridgehead atoms. The molecule has 0 fully saturated rings. The molecule has 0 heterocycles. The maximum Gasteiger partial charge on any atom is 0.242 e. The molecule has 0 saturated heterocycles. The third-order valence-electron chi connectivity index (χ3n) is 2.53. The highest BCUT2D eigenvalue weighted by molar-refractivity contribution is 7.89. The van der Waals surface area contributed by atoms with E-state index in [1.165, 1.54) is 17.4 Å². The number of benzene rings is 1. The van der Waals surface area contributed by atoms with Crippen molar-refractivity contribution in [3.63, 3.8) is 0 Å².